The number of hydrogen-bond acceptors (Lipinski definition) is 2. The van der Waals surface area contributed by atoms with Crippen LogP contribution in [0.5, 0.6) is 5.75 Å². The van der Waals surface area contributed by atoms with Gasteiger partial charge in [0.15, 0.2) is 5.78 Å². The molecule has 0 heterocycles. The molecule has 20 heavy (non-hydrogen) atoms. The van der Waals surface area contributed by atoms with Gasteiger partial charge in [0.2, 0.25) is 0 Å². The van der Waals surface area contributed by atoms with Gasteiger partial charge in [-0.1, -0.05) is 31.9 Å². The molecule has 0 N–H and O–H groups in total. The van der Waals surface area contributed by atoms with Crippen molar-refractivity contribution < 1.29 is 13.9 Å². The van der Waals surface area contributed by atoms with Crippen LogP contribution in [0.4, 0.5) is 4.39 Å². The van der Waals surface area contributed by atoms with Gasteiger partial charge in [0, 0.05) is 14.5 Å². The fraction of sp³-hybridized carbons (Fsp3) is 0.133. The van der Waals surface area contributed by atoms with Crippen molar-refractivity contribution in [3.05, 3.63) is 61.8 Å². The third kappa shape index (κ3) is 3.10. The molecular weight excluding hydrogens is 391 g/mol. The van der Waals surface area contributed by atoms with E-state index in [1.54, 1.807) is 18.2 Å². The number of ether oxygens (including phenoxy) is 1. The van der Waals surface area contributed by atoms with Crippen LogP contribution in [0.2, 0.25) is 0 Å². The average Bonchev–Trinajstić information content (AvgIpc) is 2.39. The van der Waals surface area contributed by atoms with Crippen molar-refractivity contribution in [3.63, 3.8) is 0 Å². The standard InChI is InChI=1S/C15H11Br2FO2/c1-8-3-14(20-2)12(7-13(8)17)15(19)9-4-10(16)6-11(18)5-9/h3-7H,1-2H3. The fourth-order valence-corrected chi connectivity index (χ4v) is 2.65. The van der Waals surface area contributed by atoms with Crippen molar-refractivity contribution in [2.24, 2.45) is 0 Å². The van der Waals surface area contributed by atoms with Gasteiger partial charge in [0.25, 0.3) is 0 Å². The van der Waals surface area contributed by atoms with Crippen LogP contribution in [0.1, 0.15) is 21.5 Å². The Bertz CT molecular complexity index is 664. The smallest absolute Gasteiger partial charge is 0.196 e. The molecule has 2 rings (SSSR count). The predicted octanol–water partition coefficient (Wildman–Crippen LogP) is 4.90. The molecule has 0 saturated carbocycles. The van der Waals surface area contributed by atoms with Crippen LogP contribution >= 0.6 is 31.9 Å². The molecule has 2 nitrogen and oxygen atoms in total. The Kier molecular flexibility index (Phi) is 4.60. The third-order valence-electron chi connectivity index (χ3n) is 2.85. The first-order valence-corrected chi connectivity index (χ1v) is 7.36. The first-order chi connectivity index (χ1) is 9.42. The van der Waals surface area contributed by atoms with E-state index in [-0.39, 0.29) is 11.3 Å². The van der Waals surface area contributed by atoms with Crippen molar-refractivity contribution >= 4 is 37.6 Å². The molecule has 2 aromatic carbocycles. The molecule has 104 valence electrons. The van der Waals surface area contributed by atoms with Crippen molar-refractivity contribution in [2.45, 2.75) is 6.92 Å². The van der Waals surface area contributed by atoms with Crippen LogP contribution in [0.3, 0.4) is 0 Å². The number of ketones is 1. The largest absolute Gasteiger partial charge is 0.496 e. The van der Waals surface area contributed by atoms with Crippen LogP contribution < -0.4 is 4.74 Å². The summed E-state index contributed by atoms with van der Waals surface area (Å²) in [6.45, 7) is 1.90. The maximum Gasteiger partial charge on any atom is 0.196 e. The molecule has 0 radical (unpaired) electrons. The summed E-state index contributed by atoms with van der Waals surface area (Å²) < 4.78 is 20.0. The number of aryl methyl sites for hydroxylation is 1. The van der Waals surface area contributed by atoms with Crippen molar-refractivity contribution in [1.82, 2.24) is 0 Å². The molecule has 2 aromatic rings. The molecule has 0 bridgehead atoms. The number of hydrogen-bond donors (Lipinski definition) is 0. The number of carbonyl (C=O) groups is 1. The molecule has 5 heteroatoms. The fourth-order valence-electron chi connectivity index (χ4n) is 1.84. The van der Waals surface area contributed by atoms with Crippen LogP contribution in [0.15, 0.2) is 39.3 Å². The predicted molar refractivity (Wildman–Crippen MR) is 83.0 cm³/mol. The first kappa shape index (κ1) is 15.2. The summed E-state index contributed by atoms with van der Waals surface area (Å²) in [4.78, 5) is 12.5. The van der Waals surface area contributed by atoms with E-state index in [1.165, 1.54) is 19.2 Å². The highest BCUT2D eigenvalue weighted by molar-refractivity contribution is 9.10. The van der Waals surface area contributed by atoms with E-state index in [1.807, 2.05) is 6.92 Å². The van der Waals surface area contributed by atoms with Gasteiger partial charge in [0.05, 0.1) is 12.7 Å². The maximum atomic E-state index is 13.4. The molecule has 0 spiro atoms. The van der Waals surface area contributed by atoms with Crippen LogP contribution in [0.25, 0.3) is 0 Å². The van der Waals surface area contributed by atoms with E-state index in [2.05, 4.69) is 31.9 Å². The second kappa shape index (κ2) is 6.06. The normalized spacial score (nSPS) is 10.4. The minimum Gasteiger partial charge on any atom is -0.496 e. The van der Waals surface area contributed by atoms with Gasteiger partial charge < -0.3 is 4.74 Å². The third-order valence-corrected chi connectivity index (χ3v) is 4.16. The molecule has 0 unspecified atom stereocenters. The van der Waals surface area contributed by atoms with E-state index in [9.17, 15) is 9.18 Å². The Hall–Kier alpha value is -1.20. The topological polar surface area (TPSA) is 26.3 Å². The summed E-state index contributed by atoms with van der Waals surface area (Å²) in [7, 11) is 1.50. The SMILES string of the molecule is COc1cc(C)c(Br)cc1C(=O)c1cc(F)cc(Br)c1. The number of halogens is 3. The Morgan fingerprint density at radius 1 is 1.15 bits per heavy atom. The van der Waals surface area contributed by atoms with Crippen molar-refractivity contribution in [2.75, 3.05) is 7.11 Å². The van der Waals surface area contributed by atoms with E-state index in [0.29, 0.717) is 15.8 Å². The van der Waals surface area contributed by atoms with E-state index >= 15 is 0 Å². The number of rotatable bonds is 3. The molecule has 0 atom stereocenters. The number of benzene rings is 2. The summed E-state index contributed by atoms with van der Waals surface area (Å²) in [6, 6.07) is 7.55. The summed E-state index contributed by atoms with van der Waals surface area (Å²) >= 11 is 6.57. The zero-order valence-corrected chi connectivity index (χ0v) is 14.0. The summed E-state index contributed by atoms with van der Waals surface area (Å²) in [5.41, 5.74) is 1.62. The Labute approximate surface area is 133 Å². The summed E-state index contributed by atoms with van der Waals surface area (Å²) in [5.74, 6) is -0.285. The highest BCUT2D eigenvalue weighted by Gasteiger charge is 2.17. The van der Waals surface area contributed by atoms with Crippen molar-refractivity contribution in [3.8, 4) is 5.75 Å². The second-order valence-corrected chi connectivity index (χ2v) is 6.06. The molecule has 0 fully saturated rings. The van der Waals surface area contributed by atoms with Gasteiger partial charge in [-0.05, 0) is 42.8 Å². The maximum absolute atomic E-state index is 13.4. The quantitative estimate of drug-likeness (QED) is 0.683. The number of carbonyl (C=O) groups excluding carboxylic acids is 1. The van der Waals surface area contributed by atoms with Gasteiger partial charge in [-0.15, -0.1) is 0 Å². The first-order valence-electron chi connectivity index (χ1n) is 5.77. The molecular formula is C15H11Br2FO2. The second-order valence-electron chi connectivity index (χ2n) is 4.29. The van der Waals surface area contributed by atoms with E-state index in [4.69, 9.17) is 4.74 Å². The van der Waals surface area contributed by atoms with Gasteiger partial charge >= 0.3 is 0 Å². The lowest BCUT2D eigenvalue weighted by Gasteiger charge is -2.10. The minimum absolute atomic E-state index is 0.269. The Morgan fingerprint density at radius 2 is 1.85 bits per heavy atom. The minimum atomic E-state index is -0.465. The average molecular weight is 402 g/mol. The zero-order chi connectivity index (χ0) is 14.9. The summed E-state index contributed by atoms with van der Waals surface area (Å²) in [5, 5.41) is 0. The highest BCUT2D eigenvalue weighted by Crippen LogP contribution is 2.29. The lowest BCUT2D eigenvalue weighted by molar-refractivity contribution is 0.103. The van der Waals surface area contributed by atoms with E-state index < -0.39 is 5.82 Å². The lowest BCUT2D eigenvalue weighted by Crippen LogP contribution is -2.05. The van der Waals surface area contributed by atoms with Crippen molar-refractivity contribution in [1.29, 1.82) is 0 Å². The molecule has 0 aliphatic carbocycles. The molecule has 0 aromatic heterocycles. The van der Waals surface area contributed by atoms with Crippen LogP contribution in [0, 0.1) is 12.7 Å². The molecule has 0 saturated heterocycles. The van der Waals surface area contributed by atoms with Gasteiger partial charge in [-0.2, -0.15) is 0 Å². The van der Waals surface area contributed by atoms with Crippen LogP contribution in [-0.4, -0.2) is 12.9 Å². The van der Waals surface area contributed by atoms with Gasteiger partial charge in [0.1, 0.15) is 11.6 Å². The van der Waals surface area contributed by atoms with Crippen LogP contribution in [-0.2, 0) is 0 Å². The Balaban J connectivity index is 2.55. The Morgan fingerprint density at radius 3 is 2.45 bits per heavy atom. The highest BCUT2D eigenvalue weighted by atomic mass is 79.9. The molecule has 0 aliphatic rings. The van der Waals surface area contributed by atoms with Gasteiger partial charge in [-0.25, -0.2) is 4.39 Å². The monoisotopic (exact) mass is 400 g/mol. The molecule has 0 aliphatic heterocycles. The zero-order valence-electron chi connectivity index (χ0n) is 10.8. The van der Waals surface area contributed by atoms with E-state index in [0.717, 1.165) is 10.0 Å². The van der Waals surface area contributed by atoms with Gasteiger partial charge in [-0.3, -0.25) is 4.79 Å². The number of methoxy groups -OCH3 is 1. The lowest BCUT2D eigenvalue weighted by atomic mass is 10.0. The summed E-state index contributed by atoms with van der Waals surface area (Å²) in [6.07, 6.45) is 0. The molecule has 0 amide bonds.